The van der Waals surface area contributed by atoms with E-state index in [1.54, 1.807) is 36.4 Å². The van der Waals surface area contributed by atoms with Gasteiger partial charge in [0.15, 0.2) is 5.69 Å². The molecule has 1 atom stereocenters. The van der Waals surface area contributed by atoms with E-state index in [1.807, 2.05) is 5.38 Å². The van der Waals surface area contributed by atoms with Gasteiger partial charge in [0.05, 0.1) is 11.3 Å². The Morgan fingerprint density at radius 3 is 2.58 bits per heavy atom. The molecule has 5 nitrogen and oxygen atoms in total. The molecule has 0 bridgehead atoms. The van der Waals surface area contributed by atoms with Gasteiger partial charge < -0.3 is 5.21 Å². The van der Waals surface area contributed by atoms with Crippen molar-refractivity contribution in [1.82, 2.24) is 4.98 Å². The van der Waals surface area contributed by atoms with Crippen LogP contribution in [0.2, 0.25) is 10.0 Å². The fourth-order valence-electron chi connectivity index (χ4n) is 2.23. The number of thiazole rings is 1. The standard InChI is InChI=1S/C18H11Cl2N3O2S/c19-14-4-1-12(16(20)8-14)7-13(9-21)18-22-17(10-26-18)11-2-5-15(6-3-11)23(24)25/h1-8,10,23-24H. The third kappa shape index (κ3) is 4.11. The van der Waals surface area contributed by atoms with Crippen LogP contribution in [0.5, 0.6) is 0 Å². The lowest BCUT2D eigenvalue weighted by Crippen LogP contribution is -2.99. The number of hydrogen-bond acceptors (Lipinski definition) is 5. The first kappa shape index (κ1) is 18.5. The second kappa shape index (κ2) is 7.98. The number of nitriles is 1. The molecule has 0 aliphatic rings. The molecule has 0 fully saturated rings. The highest BCUT2D eigenvalue weighted by Gasteiger charge is 2.11. The molecule has 0 radical (unpaired) electrons. The average Bonchev–Trinajstić information content (AvgIpc) is 3.11. The monoisotopic (exact) mass is 403 g/mol. The Kier molecular flexibility index (Phi) is 5.69. The van der Waals surface area contributed by atoms with E-state index < -0.39 is 5.23 Å². The van der Waals surface area contributed by atoms with Gasteiger partial charge in [0.25, 0.3) is 0 Å². The van der Waals surface area contributed by atoms with Crippen LogP contribution in [0.1, 0.15) is 10.6 Å². The summed E-state index contributed by atoms with van der Waals surface area (Å²) < 4.78 is 0. The summed E-state index contributed by atoms with van der Waals surface area (Å²) in [5.41, 5.74) is 2.71. The van der Waals surface area contributed by atoms with Crippen LogP contribution in [0, 0.1) is 16.5 Å². The first-order chi connectivity index (χ1) is 12.5. The molecule has 0 saturated carbocycles. The number of quaternary nitrogens is 1. The molecular formula is C18H11Cl2N3O2S. The highest BCUT2D eigenvalue weighted by Crippen LogP contribution is 2.29. The van der Waals surface area contributed by atoms with Crippen molar-refractivity contribution in [3.63, 3.8) is 0 Å². The van der Waals surface area contributed by atoms with Crippen LogP contribution in [0.15, 0.2) is 47.8 Å². The maximum absolute atomic E-state index is 10.9. The molecule has 0 saturated heterocycles. The molecular weight excluding hydrogens is 393 g/mol. The van der Waals surface area contributed by atoms with E-state index in [1.165, 1.54) is 23.5 Å². The zero-order valence-electron chi connectivity index (χ0n) is 13.1. The van der Waals surface area contributed by atoms with Crippen LogP contribution in [-0.2, 0) is 0 Å². The lowest BCUT2D eigenvalue weighted by molar-refractivity contribution is -0.991. The quantitative estimate of drug-likeness (QED) is 0.492. The Morgan fingerprint density at radius 1 is 1.23 bits per heavy atom. The molecule has 1 heterocycles. The highest BCUT2D eigenvalue weighted by molar-refractivity contribution is 7.11. The Balaban J connectivity index is 1.92. The lowest BCUT2D eigenvalue weighted by Gasteiger charge is -2.11. The predicted octanol–water partition coefficient (Wildman–Crippen LogP) is 4.58. The SMILES string of the molecule is N#CC(=Cc1ccc(Cl)cc1Cl)c1nc(-c2ccc([NH+]([O-])O)cc2)cs1. The van der Waals surface area contributed by atoms with E-state index in [9.17, 15) is 10.5 Å². The Bertz CT molecular complexity index is 1010. The smallest absolute Gasteiger partial charge is 0.163 e. The van der Waals surface area contributed by atoms with Gasteiger partial charge in [-0.2, -0.15) is 10.5 Å². The van der Waals surface area contributed by atoms with E-state index >= 15 is 0 Å². The summed E-state index contributed by atoms with van der Waals surface area (Å²) in [7, 11) is 0. The minimum atomic E-state index is -0.981. The first-order valence-corrected chi connectivity index (χ1v) is 8.98. The van der Waals surface area contributed by atoms with Crippen molar-refractivity contribution in [2.75, 3.05) is 0 Å². The number of benzene rings is 2. The average molecular weight is 404 g/mol. The van der Waals surface area contributed by atoms with E-state index in [4.69, 9.17) is 28.4 Å². The van der Waals surface area contributed by atoms with Crippen molar-refractivity contribution in [1.29, 1.82) is 5.26 Å². The Morgan fingerprint density at radius 2 is 1.96 bits per heavy atom. The van der Waals surface area contributed by atoms with Gasteiger partial charge in [-0.05, 0) is 35.9 Å². The van der Waals surface area contributed by atoms with Crippen molar-refractivity contribution in [2.24, 2.45) is 0 Å². The molecule has 2 N–H and O–H groups in total. The zero-order chi connectivity index (χ0) is 18.7. The summed E-state index contributed by atoms with van der Waals surface area (Å²) >= 11 is 13.4. The van der Waals surface area contributed by atoms with Crippen molar-refractivity contribution in [3.05, 3.63) is 73.7 Å². The molecule has 0 aliphatic heterocycles. The largest absolute Gasteiger partial charge is 0.595 e. The topological polar surface area (TPSA) is 84.4 Å². The number of halogens is 2. The van der Waals surface area contributed by atoms with E-state index in [0.29, 0.717) is 31.9 Å². The van der Waals surface area contributed by atoms with E-state index in [2.05, 4.69) is 11.1 Å². The van der Waals surface area contributed by atoms with Gasteiger partial charge in [-0.25, -0.2) is 10.2 Å². The molecule has 130 valence electrons. The zero-order valence-corrected chi connectivity index (χ0v) is 15.4. The van der Waals surface area contributed by atoms with Gasteiger partial charge in [0.1, 0.15) is 11.1 Å². The molecule has 0 amide bonds. The third-order valence-electron chi connectivity index (χ3n) is 3.54. The van der Waals surface area contributed by atoms with E-state index in [-0.39, 0.29) is 5.69 Å². The first-order valence-electron chi connectivity index (χ1n) is 7.34. The molecule has 26 heavy (non-hydrogen) atoms. The number of rotatable bonds is 4. The third-order valence-corrected chi connectivity index (χ3v) is 4.98. The van der Waals surface area contributed by atoms with Crippen LogP contribution in [0.3, 0.4) is 0 Å². The highest BCUT2D eigenvalue weighted by atomic mass is 35.5. The van der Waals surface area contributed by atoms with Gasteiger partial charge >= 0.3 is 0 Å². The molecule has 1 unspecified atom stereocenters. The molecule has 3 rings (SSSR count). The molecule has 2 aromatic carbocycles. The minimum Gasteiger partial charge on any atom is -0.595 e. The fraction of sp³-hybridized carbons (Fsp3) is 0. The molecule has 8 heteroatoms. The van der Waals surface area contributed by atoms with Gasteiger partial charge in [-0.3, -0.25) is 0 Å². The molecule has 1 aromatic heterocycles. The fourth-order valence-corrected chi connectivity index (χ4v) is 3.49. The summed E-state index contributed by atoms with van der Waals surface area (Å²) in [6, 6.07) is 13.6. The normalized spacial score (nSPS) is 12.7. The molecule has 0 aliphatic carbocycles. The van der Waals surface area contributed by atoms with Gasteiger partial charge in [0.2, 0.25) is 0 Å². The van der Waals surface area contributed by atoms with Gasteiger partial charge in [0, 0.05) is 33.1 Å². The summed E-state index contributed by atoms with van der Waals surface area (Å²) in [5, 5.41) is 31.7. The van der Waals surface area contributed by atoms with E-state index in [0.717, 1.165) is 5.56 Å². The number of nitrogens with one attached hydrogen (secondary N) is 1. The van der Waals surface area contributed by atoms with Crippen molar-refractivity contribution in [3.8, 4) is 17.3 Å². The second-order valence-electron chi connectivity index (χ2n) is 5.26. The summed E-state index contributed by atoms with van der Waals surface area (Å²) in [4.78, 5) is 4.48. The second-order valence-corrected chi connectivity index (χ2v) is 6.96. The number of allylic oxidation sites excluding steroid dienone is 1. The predicted molar refractivity (Wildman–Crippen MR) is 103 cm³/mol. The number of aromatic nitrogens is 1. The van der Waals surface area contributed by atoms with Crippen LogP contribution in [0.25, 0.3) is 22.9 Å². The number of nitrogens with zero attached hydrogens (tertiary/aromatic N) is 2. The van der Waals surface area contributed by atoms with Gasteiger partial charge in [-0.1, -0.05) is 29.3 Å². The Hall–Kier alpha value is -2.24. The van der Waals surface area contributed by atoms with Crippen LogP contribution in [0.4, 0.5) is 5.69 Å². The summed E-state index contributed by atoms with van der Waals surface area (Å²) in [5.74, 6) is 0. The lowest BCUT2D eigenvalue weighted by atomic mass is 10.1. The minimum absolute atomic E-state index is 0.208. The van der Waals surface area contributed by atoms with Crippen molar-refractivity contribution < 1.29 is 10.4 Å². The maximum atomic E-state index is 10.9. The summed E-state index contributed by atoms with van der Waals surface area (Å²) in [6.45, 7) is 0. The van der Waals surface area contributed by atoms with Crippen LogP contribution in [-0.4, -0.2) is 10.2 Å². The van der Waals surface area contributed by atoms with Crippen molar-refractivity contribution in [2.45, 2.75) is 0 Å². The Labute approximate surface area is 163 Å². The summed E-state index contributed by atoms with van der Waals surface area (Å²) in [6.07, 6.45) is 1.66. The maximum Gasteiger partial charge on any atom is 0.163 e. The molecule has 3 aromatic rings. The van der Waals surface area contributed by atoms with Crippen LogP contribution >= 0.6 is 34.5 Å². The van der Waals surface area contributed by atoms with Gasteiger partial charge in [-0.15, -0.1) is 11.3 Å². The van der Waals surface area contributed by atoms with Crippen LogP contribution < -0.4 is 5.23 Å². The molecule has 0 spiro atoms. The number of hydrogen-bond donors (Lipinski definition) is 2. The van der Waals surface area contributed by atoms with Crippen molar-refractivity contribution >= 4 is 51.9 Å².